The number of hydrogen-bond donors (Lipinski definition) is 2. The molecule has 0 unspecified atom stereocenters. The highest BCUT2D eigenvalue weighted by atomic mass is 16.7. The van der Waals surface area contributed by atoms with Crippen molar-refractivity contribution in [3.63, 3.8) is 0 Å². The first kappa shape index (κ1) is 23.4. The second kappa shape index (κ2) is 10.1. The van der Waals surface area contributed by atoms with E-state index in [9.17, 15) is 14.4 Å². The first-order valence-electron chi connectivity index (χ1n) is 12.0. The number of ether oxygens (including phenoxy) is 2. The van der Waals surface area contributed by atoms with E-state index < -0.39 is 5.92 Å². The molecule has 3 aromatic carbocycles. The number of amides is 3. The van der Waals surface area contributed by atoms with E-state index in [-0.39, 0.29) is 30.9 Å². The largest absolute Gasteiger partial charge is 0.454 e. The lowest BCUT2D eigenvalue weighted by molar-refractivity contribution is -0.122. The first-order valence-corrected chi connectivity index (χ1v) is 12.0. The number of para-hydroxylation sites is 1. The highest BCUT2D eigenvalue weighted by Crippen LogP contribution is 2.32. The Labute approximate surface area is 209 Å². The maximum absolute atomic E-state index is 13.1. The fourth-order valence-electron chi connectivity index (χ4n) is 4.40. The van der Waals surface area contributed by atoms with Crippen LogP contribution in [0, 0.1) is 5.92 Å². The van der Waals surface area contributed by atoms with Crippen LogP contribution in [-0.4, -0.2) is 31.1 Å². The molecule has 0 radical (unpaired) electrons. The van der Waals surface area contributed by atoms with E-state index in [0.29, 0.717) is 35.8 Å². The van der Waals surface area contributed by atoms with E-state index in [1.54, 1.807) is 29.2 Å². The summed E-state index contributed by atoms with van der Waals surface area (Å²) in [7, 11) is 0. The van der Waals surface area contributed by atoms with E-state index in [2.05, 4.69) is 17.6 Å². The topological polar surface area (TPSA) is 97.0 Å². The fourth-order valence-corrected chi connectivity index (χ4v) is 4.40. The van der Waals surface area contributed by atoms with Gasteiger partial charge in [0.1, 0.15) is 0 Å². The van der Waals surface area contributed by atoms with Crippen LogP contribution in [0.2, 0.25) is 0 Å². The second-order valence-corrected chi connectivity index (χ2v) is 8.83. The minimum atomic E-state index is -0.506. The average molecular weight is 486 g/mol. The van der Waals surface area contributed by atoms with Gasteiger partial charge in [-0.15, -0.1) is 0 Å². The van der Waals surface area contributed by atoms with Gasteiger partial charge in [-0.1, -0.05) is 37.3 Å². The molecule has 36 heavy (non-hydrogen) atoms. The fraction of sp³-hybridized carbons (Fsp3) is 0.250. The molecule has 2 aliphatic rings. The lowest BCUT2D eigenvalue weighted by Crippen LogP contribution is -2.29. The Kier molecular flexibility index (Phi) is 6.58. The van der Waals surface area contributed by atoms with Crippen LogP contribution >= 0.6 is 0 Å². The summed E-state index contributed by atoms with van der Waals surface area (Å²) in [5.74, 6) is 0.133. The number of nitrogens with one attached hydrogen (secondary N) is 2. The number of rotatable bonds is 7. The summed E-state index contributed by atoms with van der Waals surface area (Å²) in [6.45, 7) is 2.86. The summed E-state index contributed by atoms with van der Waals surface area (Å²) >= 11 is 0. The lowest BCUT2D eigenvalue weighted by Gasteiger charge is -2.17. The maximum atomic E-state index is 13.1. The molecule has 2 aliphatic heterocycles. The summed E-state index contributed by atoms with van der Waals surface area (Å²) in [4.78, 5) is 40.3. The Morgan fingerprint density at radius 2 is 1.72 bits per heavy atom. The van der Waals surface area contributed by atoms with Crippen LogP contribution in [0.4, 0.5) is 11.4 Å². The molecular formula is C28H27N3O5. The van der Waals surface area contributed by atoms with Gasteiger partial charge in [-0.3, -0.25) is 14.4 Å². The molecule has 8 heteroatoms. The molecule has 3 aromatic rings. The summed E-state index contributed by atoms with van der Waals surface area (Å²) in [5, 5.41) is 5.75. The third-order valence-corrected chi connectivity index (χ3v) is 6.47. The van der Waals surface area contributed by atoms with Gasteiger partial charge < -0.3 is 25.0 Å². The van der Waals surface area contributed by atoms with Gasteiger partial charge in [0.15, 0.2) is 11.5 Å². The van der Waals surface area contributed by atoms with Crippen LogP contribution in [-0.2, 0) is 22.6 Å². The molecule has 1 atom stereocenters. The SMILES string of the molecule is CCc1ccc(N2C[C@@H](C(=O)Nc3ccccc3C(=O)NCc3ccc4c(c3)OCO4)CC2=O)cc1. The first-order chi connectivity index (χ1) is 17.5. The van der Waals surface area contributed by atoms with Crippen molar-refractivity contribution in [1.29, 1.82) is 0 Å². The summed E-state index contributed by atoms with van der Waals surface area (Å²) in [6, 6.07) is 20.2. The molecule has 3 amide bonds. The van der Waals surface area contributed by atoms with Gasteiger partial charge in [-0.05, 0) is 53.9 Å². The quantitative estimate of drug-likeness (QED) is 0.529. The van der Waals surface area contributed by atoms with Crippen LogP contribution in [0.5, 0.6) is 11.5 Å². The molecule has 8 nitrogen and oxygen atoms in total. The van der Waals surface area contributed by atoms with Gasteiger partial charge in [0.2, 0.25) is 18.6 Å². The predicted molar refractivity (Wildman–Crippen MR) is 135 cm³/mol. The molecular weight excluding hydrogens is 458 g/mol. The third kappa shape index (κ3) is 4.88. The standard InChI is InChI=1S/C28H27N3O5/c1-2-18-7-10-21(11-8-18)31-16-20(14-26(31)32)27(33)30-23-6-4-3-5-22(23)28(34)29-15-19-9-12-24-25(13-19)36-17-35-24/h3-13,20H,2,14-17H2,1H3,(H,29,34)(H,30,33)/t20-/m0/s1. The minimum absolute atomic E-state index is 0.0887. The van der Waals surface area contributed by atoms with E-state index in [1.807, 2.05) is 42.5 Å². The van der Waals surface area contributed by atoms with Gasteiger partial charge in [-0.25, -0.2) is 0 Å². The van der Waals surface area contributed by atoms with Gasteiger partial charge in [-0.2, -0.15) is 0 Å². The van der Waals surface area contributed by atoms with Crippen molar-refractivity contribution in [3.05, 3.63) is 83.4 Å². The van der Waals surface area contributed by atoms with Gasteiger partial charge in [0.05, 0.1) is 17.2 Å². The predicted octanol–water partition coefficient (Wildman–Crippen LogP) is 3.90. The van der Waals surface area contributed by atoms with Crippen LogP contribution in [0.3, 0.4) is 0 Å². The number of aryl methyl sites for hydroxylation is 1. The normalized spacial score (nSPS) is 16.2. The second-order valence-electron chi connectivity index (χ2n) is 8.83. The molecule has 184 valence electrons. The van der Waals surface area contributed by atoms with Crippen molar-refractivity contribution < 1.29 is 23.9 Å². The Morgan fingerprint density at radius 3 is 2.53 bits per heavy atom. The molecule has 1 fully saturated rings. The molecule has 2 heterocycles. The number of anilines is 2. The zero-order chi connectivity index (χ0) is 25.1. The Balaban J connectivity index is 1.22. The monoisotopic (exact) mass is 485 g/mol. The molecule has 0 aromatic heterocycles. The molecule has 1 saturated heterocycles. The Bertz CT molecular complexity index is 1300. The number of carbonyl (C=O) groups is 3. The number of nitrogens with zero attached hydrogens (tertiary/aromatic N) is 1. The van der Waals surface area contributed by atoms with Crippen molar-refractivity contribution in [3.8, 4) is 11.5 Å². The van der Waals surface area contributed by atoms with E-state index >= 15 is 0 Å². The summed E-state index contributed by atoms with van der Waals surface area (Å²) in [5.41, 5.74) is 3.60. The number of hydrogen-bond acceptors (Lipinski definition) is 5. The number of benzene rings is 3. The van der Waals surface area contributed by atoms with E-state index in [1.165, 1.54) is 5.56 Å². The number of fused-ring (bicyclic) bond motifs is 1. The molecule has 2 N–H and O–H groups in total. The van der Waals surface area contributed by atoms with Crippen LogP contribution in [0.15, 0.2) is 66.7 Å². The number of carbonyl (C=O) groups excluding carboxylic acids is 3. The van der Waals surface area contributed by atoms with Crippen LogP contribution < -0.4 is 25.0 Å². The zero-order valence-electron chi connectivity index (χ0n) is 20.0. The summed E-state index contributed by atoms with van der Waals surface area (Å²) < 4.78 is 10.7. The van der Waals surface area contributed by atoms with Crippen LogP contribution in [0.25, 0.3) is 0 Å². The smallest absolute Gasteiger partial charge is 0.253 e. The molecule has 0 aliphatic carbocycles. The summed E-state index contributed by atoms with van der Waals surface area (Å²) in [6.07, 6.45) is 1.04. The zero-order valence-corrected chi connectivity index (χ0v) is 20.0. The Hall–Kier alpha value is -4.33. The van der Waals surface area contributed by atoms with Crippen molar-refractivity contribution in [1.82, 2.24) is 5.32 Å². The van der Waals surface area contributed by atoms with Gasteiger partial charge in [0.25, 0.3) is 5.91 Å². The third-order valence-electron chi connectivity index (χ3n) is 6.47. The van der Waals surface area contributed by atoms with Crippen molar-refractivity contribution >= 4 is 29.1 Å². The highest BCUT2D eigenvalue weighted by molar-refractivity contribution is 6.07. The highest BCUT2D eigenvalue weighted by Gasteiger charge is 2.35. The molecule has 0 bridgehead atoms. The van der Waals surface area contributed by atoms with Gasteiger partial charge in [0, 0.05) is 25.2 Å². The Morgan fingerprint density at radius 1 is 0.972 bits per heavy atom. The molecule has 0 saturated carbocycles. The van der Waals surface area contributed by atoms with Crippen molar-refractivity contribution in [2.45, 2.75) is 26.3 Å². The van der Waals surface area contributed by atoms with Crippen molar-refractivity contribution in [2.24, 2.45) is 5.92 Å². The van der Waals surface area contributed by atoms with E-state index in [4.69, 9.17) is 9.47 Å². The lowest BCUT2D eigenvalue weighted by atomic mass is 10.1. The average Bonchev–Trinajstić information content (AvgIpc) is 3.54. The van der Waals surface area contributed by atoms with Crippen molar-refractivity contribution in [2.75, 3.05) is 23.6 Å². The minimum Gasteiger partial charge on any atom is -0.454 e. The van der Waals surface area contributed by atoms with Crippen LogP contribution in [0.1, 0.15) is 34.8 Å². The van der Waals surface area contributed by atoms with Gasteiger partial charge >= 0.3 is 0 Å². The molecule has 0 spiro atoms. The van der Waals surface area contributed by atoms with E-state index in [0.717, 1.165) is 17.7 Å². The molecule has 5 rings (SSSR count). The maximum Gasteiger partial charge on any atom is 0.253 e.